The summed E-state index contributed by atoms with van der Waals surface area (Å²) in [5.74, 6) is 0.269. The molecule has 7 heteroatoms. The fourth-order valence-corrected chi connectivity index (χ4v) is 3.50. The predicted octanol–water partition coefficient (Wildman–Crippen LogP) is 3.83. The summed E-state index contributed by atoms with van der Waals surface area (Å²) in [7, 11) is 1.68. The third-order valence-electron chi connectivity index (χ3n) is 3.95. The number of nitrogens with zero attached hydrogens (tertiary/aromatic N) is 3. The highest BCUT2D eigenvalue weighted by Crippen LogP contribution is 2.31. The molecule has 2 aromatic carbocycles. The number of rotatable bonds is 6. The molecule has 0 N–H and O–H groups in total. The average Bonchev–Trinajstić information content (AvgIpc) is 3.28. The Balaban J connectivity index is 1.81. The van der Waals surface area contributed by atoms with Crippen LogP contribution in [0, 0.1) is 0 Å². The fourth-order valence-electron chi connectivity index (χ4n) is 2.80. The zero-order valence-corrected chi connectivity index (χ0v) is 14.8. The molecular weight excluding hydrogens is 350 g/mol. The maximum absolute atomic E-state index is 10.5. The number of fused-ring (bicyclic) bond motifs is 1. The Kier molecular flexibility index (Phi) is 4.47. The summed E-state index contributed by atoms with van der Waals surface area (Å²) in [6.45, 7) is 0.946. The van der Waals surface area contributed by atoms with Crippen LogP contribution in [0.2, 0.25) is 0 Å². The van der Waals surface area contributed by atoms with Crippen molar-refractivity contribution in [1.82, 2.24) is 14.8 Å². The summed E-state index contributed by atoms with van der Waals surface area (Å²) >= 11 is 1.36. The van der Waals surface area contributed by atoms with Crippen LogP contribution in [0.3, 0.4) is 0 Å². The molecule has 0 aliphatic carbocycles. The standard InChI is InChI=1S/C19H15N3O3S/c1-24-10-13-6-8-14(9-7-13)18-15-4-2-3-5-16(15)22(21-18)19-20-17(11-26-19)25-12-23/h2-9,11-12H,10H2,1H3. The topological polar surface area (TPSA) is 66.2 Å². The van der Waals surface area contributed by atoms with Gasteiger partial charge in [0.25, 0.3) is 6.47 Å². The molecule has 0 aliphatic heterocycles. The van der Waals surface area contributed by atoms with Crippen molar-refractivity contribution in [2.24, 2.45) is 0 Å². The van der Waals surface area contributed by atoms with Crippen LogP contribution >= 0.6 is 11.3 Å². The molecule has 26 heavy (non-hydrogen) atoms. The highest BCUT2D eigenvalue weighted by Gasteiger charge is 2.15. The number of methoxy groups -OCH3 is 1. The van der Waals surface area contributed by atoms with Gasteiger partial charge in [-0.25, -0.2) is 4.68 Å². The van der Waals surface area contributed by atoms with Crippen LogP contribution in [0.4, 0.5) is 0 Å². The van der Waals surface area contributed by atoms with E-state index in [1.54, 1.807) is 17.2 Å². The highest BCUT2D eigenvalue weighted by molar-refractivity contribution is 7.12. The SMILES string of the molecule is COCc1ccc(-c2nn(-c3nc(OC=O)cs3)c3ccccc23)cc1. The first-order chi connectivity index (χ1) is 12.8. The third kappa shape index (κ3) is 2.98. The Hall–Kier alpha value is -3.03. The smallest absolute Gasteiger partial charge is 0.299 e. The fraction of sp³-hybridized carbons (Fsp3) is 0.105. The molecule has 2 heterocycles. The number of hydrogen-bond donors (Lipinski definition) is 0. The molecule has 0 radical (unpaired) electrons. The van der Waals surface area contributed by atoms with E-state index in [-0.39, 0.29) is 5.88 Å². The second-order valence-electron chi connectivity index (χ2n) is 5.59. The summed E-state index contributed by atoms with van der Waals surface area (Å²) in [4.78, 5) is 14.8. The molecule has 130 valence electrons. The summed E-state index contributed by atoms with van der Waals surface area (Å²) < 4.78 is 11.8. The summed E-state index contributed by atoms with van der Waals surface area (Å²) in [6, 6.07) is 16.1. The largest absolute Gasteiger partial charge is 0.409 e. The van der Waals surface area contributed by atoms with E-state index in [9.17, 15) is 4.79 Å². The summed E-state index contributed by atoms with van der Waals surface area (Å²) in [6.07, 6.45) is 0. The van der Waals surface area contributed by atoms with E-state index in [2.05, 4.69) is 4.98 Å². The molecule has 0 bridgehead atoms. The van der Waals surface area contributed by atoms with E-state index in [4.69, 9.17) is 14.6 Å². The van der Waals surface area contributed by atoms with Crippen LogP contribution in [-0.4, -0.2) is 28.3 Å². The van der Waals surface area contributed by atoms with Crippen molar-refractivity contribution in [2.75, 3.05) is 7.11 Å². The molecule has 0 fully saturated rings. The lowest BCUT2D eigenvalue weighted by Gasteiger charge is -2.01. The van der Waals surface area contributed by atoms with Crippen molar-refractivity contribution < 1.29 is 14.3 Å². The van der Waals surface area contributed by atoms with Gasteiger partial charge in [-0.3, -0.25) is 4.79 Å². The number of carbonyl (C=O) groups excluding carboxylic acids is 1. The number of para-hydroxylation sites is 1. The molecule has 2 aromatic heterocycles. The lowest BCUT2D eigenvalue weighted by atomic mass is 10.1. The molecule has 0 unspecified atom stereocenters. The van der Waals surface area contributed by atoms with E-state index in [0.717, 1.165) is 27.7 Å². The van der Waals surface area contributed by atoms with Crippen LogP contribution in [0.15, 0.2) is 53.9 Å². The van der Waals surface area contributed by atoms with Crippen LogP contribution in [-0.2, 0) is 16.1 Å². The number of ether oxygens (including phenoxy) is 2. The molecule has 4 aromatic rings. The van der Waals surface area contributed by atoms with Crippen LogP contribution in [0.5, 0.6) is 5.88 Å². The van der Waals surface area contributed by atoms with E-state index >= 15 is 0 Å². The first-order valence-electron chi connectivity index (χ1n) is 7.92. The van der Waals surface area contributed by atoms with Crippen LogP contribution < -0.4 is 4.74 Å². The second-order valence-corrected chi connectivity index (χ2v) is 6.43. The Morgan fingerprint density at radius 3 is 2.73 bits per heavy atom. The Morgan fingerprint density at radius 1 is 1.15 bits per heavy atom. The third-order valence-corrected chi connectivity index (χ3v) is 4.74. The second kappa shape index (κ2) is 7.07. The molecule has 6 nitrogen and oxygen atoms in total. The van der Waals surface area contributed by atoms with Gasteiger partial charge in [-0.1, -0.05) is 53.8 Å². The van der Waals surface area contributed by atoms with Crippen molar-refractivity contribution in [3.8, 4) is 22.3 Å². The monoisotopic (exact) mass is 365 g/mol. The Labute approximate surface area is 153 Å². The zero-order valence-electron chi connectivity index (χ0n) is 14.0. The first kappa shape index (κ1) is 16.4. The van der Waals surface area contributed by atoms with Gasteiger partial charge in [-0.05, 0) is 11.6 Å². The van der Waals surface area contributed by atoms with Crippen molar-refractivity contribution in [3.05, 3.63) is 59.5 Å². The number of thiazole rings is 1. The van der Waals surface area contributed by atoms with Gasteiger partial charge in [0.2, 0.25) is 11.0 Å². The van der Waals surface area contributed by atoms with Crippen LogP contribution in [0.1, 0.15) is 5.56 Å². The summed E-state index contributed by atoms with van der Waals surface area (Å²) in [5, 5.41) is 8.12. The van der Waals surface area contributed by atoms with Gasteiger partial charge < -0.3 is 9.47 Å². The van der Waals surface area contributed by atoms with Gasteiger partial charge in [0.05, 0.1) is 17.5 Å². The van der Waals surface area contributed by atoms with Gasteiger partial charge in [-0.15, -0.1) is 0 Å². The van der Waals surface area contributed by atoms with E-state index in [1.807, 2.05) is 48.5 Å². The van der Waals surface area contributed by atoms with Crippen molar-refractivity contribution in [3.63, 3.8) is 0 Å². The highest BCUT2D eigenvalue weighted by atomic mass is 32.1. The maximum atomic E-state index is 10.5. The molecular formula is C19H15N3O3S. The molecule has 0 spiro atoms. The molecule has 0 saturated heterocycles. The minimum absolute atomic E-state index is 0.269. The minimum Gasteiger partial charge on any atom is -0.409 e. The maximum Gasteiger partial charge on any atom is 0.299 e. The van der Waals surface area contributed by atoms with Gasteiger partial charge >= 0.3 is 0 Å². The molecule has 0 saturated carbocycles. The minimum atomic E-state index is 0.269. The normalized spacial score (nSPS) is 11.0. The zero-order chi connectivity index (χ0) is 17.9. The molecule has 0 amide bonds. The first-order valence-corrected chi connectivity index (χ1v) is 8.80. The number of hydrogen-bond acceptors (Lipinski definition) is 6. The van der Waals surface area contributed by atoms with Crippen molar-refractivity contribution in [1.29, 1.82) is 0 Å². The van der Waals surface area contributed by atoms with Gasteiger partial charge in [0.1, 0.15) is 5.69 Å². The molecule has 4 rings (SSSR count). The molecule has 0 atom stereocenters. The summed E-state index contributed by atoms with van der Waals surface area (Å²) in [5.41, 5.74) is 3.93. The number of benzene rings is 2. The number of carbonyl (C=O) groups is 1. The Bertz CT molecular complexity index is 1050. The van der Waals surface area contributed by atoms with E-state index in [1.165, 1.54) is 11.3 Å². The van der Waals surface area contributed by atoms with Gasteiger partial charge in [-0.2, -0.15) is 10.1 Å². The van der Waals surface area contributed by atoms with Crippen molar-refractivity contribution in [2.45, 2.75) is 6.61 Å². The predicted molar refractivity (Wildman–Crippen MR) is 99.6 cm³/mol. The average molecular weight is 365 g/mol. The molecule has 0 aliphatic rings. The van der Waals surface area contributed by atoms with E-state index < -0.39 is 0 Å². The Morgan fingerprint density at radius 2 is 1.96 bits per heavy atom. The lowest BCUT2D eigenvalue weighted by Crippen LogP contribution is -1.96. The van der Waals surface area contributed by atoms with Crippen molar-refractivity contribution >= 4 is 28.7 Å². The lowest BCUT2D eigenvalue weighted by molar-refractivity contribution is -0.120. The van der Waals surface area contributed by atoms with Crippen LogP contribution in [0.25, 0.3) is 27.3 Å². The van der Waals surface area contributed by atoms with Gasteiger partial charge in [0, 0.05) is 18.1 Å². The quantitative estimate of drug-likeness (QED) is 0.486. The van der Waals surface area contributed by atoms with Gasteiger partial charge in [0.15, 0.2) is 0 Å². The number of aromatic nitrogens is 3. The van der Waals surface area contributed by atoms with E-state index in [0.29, 0.717) is 18.2 Å².